The maximum Gasteiger partial charge on any atom is 0.357 e. The highest BCUT2D eigenvalue weighted by Crippen LogP contribution is 2.14. The van der Waals surface area contributed by atoms with Gasteiger partial charge in [-0.25, -0.2) is 9.78 Å². The number of aromatic nitrogens is 1. The summed E-state index contributed by atoms with van der Waals surface area (Å²) in [6.45, 7) is 7.27. The lowest BCUT2D eigenvalue weighted by Gasteiger charge is -2.19. The molecular formula is C11H16N2O2. The Labute approximate surface area is 89.5 Å². The molecule has 1 heterocycles. The van der Waals surface area contributed by atoms with Crippen LogP contribution in [0.4, 0.5) is 5.69 Å². The van der Waals surface area contributed by atoms with Gasteiger partial charge in [-0.05, 0) is 39.3 Å². The van der Waals surface area contributed by atoms with Crippen LogP contribution in [-0.4, -0.2) is 16.6 Å². The zero-order valence-corrected chi connectivity index (χ0v) is 9.50. The van der Waals surface area contributed by atoms with Crippen molar-refractivity contribution in [2.24, 2.45) is 0 Å². The van der Waals surface area contributed by atoms with Crippen LogP contribution in [0.15, 0.2) is 12.3 Å². The highest BCUT2D eigenvalue weighted by Gasteiger charge is 2.18. The van der Waals surface area contributed by atoms with E-state index >= 15 is 0 Å². The molecule has 0 bridgehead atoms. The van der Waals surface area contributed by atoms with E-state index in [-0.39, 0.29) is 5.69 Å². The van der Waals surface area contributed by atoms with Crippen LogP contribution in [-0.2, 0) is 4.74 Å². The van der Waals surface area contributed by atoms with Crippen molar-refractivity contribution in [1.82, 2.24) is 4.98 Å². The average Bonchev–Trinajstić information content (AvgIpc) is 2.06. The van der Waals surface area contributed by atoms with Crippen molar-refractivity contribution in [2.75, 3.05) is 5.73 Å². The molecule has 0 aromatic carbocycles. The fraction of sp³-hybridized carbons (Fsp3) is 0.455. The van der Waals surface area contributed by atoms with Crippen LogP contribution in [0.3, 0.4) is 0 Å². The number of hydrogen-bond donors (Lipinski definition) is 1. The highest BCUT2D eigenvalue weighted by atomic mass is 16.6. The fourth-order valence-electron chi connectivity index (χ4n) is 1.01. The zero-order chi connectivity index (χ0) is 11.6. The van der Waals surface area contributed by atoms with Crippen LogP contribution in [0.1, 0.15) is 36.8 Å². The molecule has 0 amide bonds. The molecule has 1 aromatic heterocycles. The van der Waals surface area contributed by atoms with E-state index in [9.17, 15) is 4.79 Å². The second-order valence-electron chi connectivity index (χ2n) is 4.43. The Kier molecular flexibility index (Phi) is 2.98. The molecule has 0 atom stereocenters. The lowest BCUT2D eigenvalue weighted by atomic mass is 10.2. The minimum atomic E-state index is -0.506. The van der Waals surface area contributed by atoms with Crippen molar-refractivity contribution in [1.29, 1.82) is 0 Å². The lowest BCUT2D eigenvalue weighted by Crippen LogP contribution is -2.24. The van der Waals surface area contributed by atoms with Gasteiger partial charge in [0, 0.05) is 0 Å². The van der Waals surface area contributed by atoms with E-state index in [1.807, 2.05) is 27.7 Å². The van der Waals surface area contributed by atoms with Crippen LogP contribution in [0.5, 0.6) is 0 Å². The Balaban J connectivity index is 2.88. The third-order valence-electron chi connectivity index (χ3n) is 1.76. The van der Waals surface area contributed by atoms with Crippen molar-refractivity contribution in [3.05, 3.63) is 23.5 Å². The summed E-state index contributed by atoms with van der Waals surface area (Å²) in [7, 11) is 0. The Hall–Kier alpha value is -1.58. The Morgan fingerprint density at radius 3 is 2.53 bits per heavy atom. The summed E-state index contributed by atoms with van der Waals surface area (Å²) in [6, 6.07) is 1.63. The SMILES string of the molecule is Cc1cc(C(=O)OC(C)(C)C)ncc1N. The molecule has 0 aliphatic carbocycles. The lowest BCUT2D eigenvalue weighted by molar-refractivity contribution is 0.00628. The van der Waals surface area contributed by atoms with Crippen molar-refractivity contribution < 1.29 is 9.53 Å². The second-order valence-corrected chi connectivity index (χ2v) is 4.43. The van der Waals surface area contributed by atoms with E-state index in [4.69, 9.17) is 10.5 Å². The number of nitrogen functional groups attached to an aromatic ring is 1. The van der Waals surface area contributed by atoms with Gasteiger partial charge in [-0.3, -0.25) is 0 Å². The molecule has 4 nitrogen and oxygen atoms in total. The first-order valence-corrected chi connectivity index (χ1v) is 4.75. The molecule has 0 aliphatic heterocycles. The fourth-order valence-corrected chi connectivity index (χ4v) is 1.01. The van der Waals surface area contributed by atoms with Gasteiger partial charge in [0.25, 0.3) is 0 Å². The number of carbonyl (C=O) groups excluding carboxylic acids is 1. The van der Waals surface area contributed by atoms with Gasteiger partial charge in [-0.1, -0.05) is 0 Å². The van der Waals surface area contributed by atoms with Gasteiger partial charge in [0.15, 0.2) is 0 Å². The molecule has 15 heavy (non-hydrogen) atoms. The first-order chi connectivity index (χ1) is 6.79. The van der Waals surface area contributed by atoms with E-state index in [1.165, 1.54) is 6.20 Å². The second kappa shape index (κ2) is 3.88. The highest BCUT2D eigenvalue weighted by molar-refractivity contribution is 5.88. The van der Waals surface area contributed by atoms with Crippen molar-refractivity contribution in [3.63, 3.8) is 0 Å². The van der Waals surface area contributed by atoms with E-state index in [1.54, 1.807) is 6.07 Å². The summed E-state index contributed by atoms with van der Waals surface area (Å²) in [6.07, 6.45) is 1.47. The number of pyridine rings is 1. The number of nitrogens with two attached hydrogens (primary N) is 1. The quantitative estimate of drug-likeness (QED) is 0.716. The van der Waals surface area contributed by atoms with Crippen molar-refractivity contribution >= 4 is 11.7 Å². The summed E-state index contributed by atoms with van der Waals surface area (Å²) in [4.78, 5) is 15.5. The van der Waals surface area contributed by atoms with E-state index in [0.29, 0.717) is 5.69 Å². The van der Waals surface area contributed by atoms with Crippen molar-refractivity contribution in [2.45, 2.75) is 33.3 Å². The van der Waals surface area contributed by atoms with Gasteiger partial charge in [0.1, 0.15) is 11.3 Å². The number of hydrogen-bond acceptors (Lipinski definition) is 4. The summed E-state index contributed by atoms with van der Waals surface area (Å²) >= 11 is 0. The molecule has 0 aliphatic rings. The number of aryl methyl sites for hydroxylation is 1. The average molecular weight is 208 g/mol. The standard InChI is InChI=1S/C11H16N2O2/c1-7-5-9(13-6-8(7)12)10(14)15-11(2,3)4/h5-6H,12H2,1-4H3. The van der Waals surface area contributed by atoms with Crippen molar-refractivity contribution in [3.8, 4) is 0 Å². The summed E-state index contributed by atoms with van der Waals surface area (Å²) < 4.78 is 5.18. The smallest absolute Gasteiger partial charge is 0.357 e. The molecule has 1 aromatic rings. The number of carbonyl (C=O) groups is 1. The monoisotopic (exact) mass is 208 g/mol. The van der Waals surface area contributed by atoms with E-state index in [2.05, 4.69) is 4.98 Å². The predicted molar refractivity (Wildman–Crippen MR) is 58.6 cm³/mol. The third kappa shape index (κ3) is 3.23. The van der Waals surface area contributed by atoms with Gasteiger partial charge >= 0.3 is 5.97 Å². The van der Waals surface area contributed by atoms with Gasteiger partial charge in [0.2, 0.25) is 0 Å². The molecule has 0 fully saturated rings. The third-order valence-corrected chi connectivity index (χ3v) is 1.76. The number of anilines is 1. The minimum absolute atomic E-state index is 0.289. The topological polar surface area (TPSA) is 65.2 Å². The van der Waals surface area contributed by atoms with Gasteiger partial charge in [-0.15, -0.1) is 0 Å². The molecular weight excluding hydrogens is 192 g/mol. The molecule has 1 rings (SSSR count). The number of esters is 1. The molecule has 0 saturated carbocycles. The van der Waals surface area contributed by atoms with Crippen LogP contribution in [0.25, 0.3) is 0 Å². The summed E-state index contributed by atoms with van der Waals surface area (Å²) in [5, 5.41) is 0. The normalized spacial score (nSPS) is 11.2. The van der Waals surface area contributed by atoms with Gasteiger partial charge in [-0.2, -0.15) is 0 Å². The van der Waals surface area contributed by atoms with Gasteiger partial charge < -0.3 is 10.5 Å². The molecule has 0 spiro atoms. The first kappa shape index (κ1) is 11.5. The molecule has 82 valence electrons. The predicted octanol–water partition coefficient (Wildman–Crippen LogP) is 1.93. The molecule has 0 unspecified atom stereocenters. The Bertz CT molecular complexity index is 381. The van der Waals surface area contributed by atoms with Crippen LogP contribution >= 0.6 is 0 Å². The minimum Gasteiger partial charge on any atom is -0.455 e. The van der Waals surface area contributed by atoms with E-state index in [0.717, 1.165) is 5.56 Å². The number of ether oxygens (including phenoxy) is 1. The van der Waals surface area contributed by atoms with Gasteiger partial charge in [0.05, 0.1) is 11.9 Å². The molecule has 2 N–H and O–H groups in total. The molecule has 0 radical (unpaired) electrons. The maximum absolute atomic E-state index is 11.6. The largest absolute Gasteiger partial charge is 0.455 e. The zero-order valence-electron chi connectivity index (χ0n) is 9.50. The first-order valence-electron chi connectivity index (χ1n) is 4.75. The number of nitrogens with zero attached hydrogens (tertiary/aromatic N) is 1. The van der Waals surface area contributed by atoms with E-state index < -0.39 is 11.6 Å². The Morgan fingerprint density at radius 1 is 1.47 bits per heavy atom. The molecule has 4 heteroatoms. The number of rotatable bonds is 1. The summed E-state index contributed by atoms with van der Waals surface area (Å²) in [5.74, 6) is -0.425. The van der Waals surface area contributed by atoms with Crippen LogP contribution < -0.4 is 5.73 Å². The maximum atomic E-state index is 11.6. The van der Waals surface area contributed by atoms with Crippen LogP contribution in [0.2, 0.25) is 0 Å². The van der Waals surface area contributed by atoms with Crippen LogP contribution in [0, 0.1) is 6.92 Å². The summed E-state index contributed by atoms with van der Waals surface area (Å²) in [5.41, 5.74) is 6.78. The molecule has 0 saturated heterocycles. The Morgan fingerprint density at radius 2 is 2.07 bits per heavy atom.